The van der Waals surface area contributed by atoms with E-state index >= 15 is 0 Å². The molecule has 1 aliphatic rings. The highest BCUT2D eigenvalue weighted by molar-refractivity contribution is 6.42. The van der Waals surface area contributed by atoms with Crippen molar-refractivity contribution in [1.82, 2.24) is 9.80 Å². The van der Waals surface area contributed by atoms with E-state index in [-0.39, 0.29) is 5.91 Å². The quantitative estimate of drug-likeness (QED) is 0.882. The second-order valence-corrected chi connectivity index (χ2v) is 8.45. The number of halogens is 2. The number of carbonyl (C=O) groups excluding carboxylic acids is 1. The maximum atomic E-state index is 13.0. The van der Waals surface area contributed by atoms with E-state index in [0.717, 1.165) is 18.7 Å². The number of piperazine rings is 1. The summed E-state index contributed by atoms with van der Waals surface area (Å²) in [6, 6.07) is 5.36. The van der Waals surface area contributed by atoms with Gasteiger partial charge in [-0.2, -0.15) is 0 Å². The molecule has 4 nitrogen and oxygen atoms in total. The third-order valence-corrected chi connectivity index (χ3v) is 5.19. The topological polar surface area (TPSA) is 43.8 Å². The zero-order valence-electron chi connectivity index (χ0n) is 14.8. The van der Waals surface area contributed by atoms with Crippen molar-refractivity contribution in [2.24, 2.45) is 0 Å². The molecule has 1 aliphatic heterocycles. The molecule has 1 saturated heterocycles. The normalized spacial score (nSPS) is 17.2. The number of amides is 1. The predicted molar refractivity (Wildman–Crippen MR) is 98.8 cm³/mol. The molecule has 0 spiro atoms. The summed E-state index contributed by atoms with van der Waals surface area (Å²) in [5.74, 6) is 0.0868. The van der Waals surface area contributed by atoms with Crippen molar-refractivity contribution < 1.29 is 9.90 Å². The summed E-state index contributed by atoms with van der Waals surface area (Å²) < 4.78 is 0. The summed E-state index contributed by atoms with van der Waals surface area (Å²) in [7, 11) is 0. The van der Waals surface area contributed by atoms with Crippen LogP contribution in [-0.2, 0) is 10.2 Å². The van der Waals surface area contributed by atoms with Crippen molar-refractivity contribution in [2.75, 3.05) is 32.7 Å². The lowest BCUT2D eigenvalue weighted by molar-refractivity contribution is -0.138. The molecule has 0 aliphatic carbocycles. The first-order valence-corrected chi connectivity index (χ1v) is 8.96. The molecule has 1 aromatic carbocycles. The van der Waals surface area contributed by atoms with E-state index in [1.54, 1.807) is 26.0 Å². The van der Waals surface area contributed by atoms with Crippen molar-refractivity contribution in [3.05, 3.63) is 33.8 Å². The molecule has 6 heteroatoms. The zero-order chi connectivity index (χ0) is 18.1. The minimum absolute atomic E-state index is 0.0868. The summed E-state index contributed by atoms with van der Waals surface area (Å²) in [6.45, 7) is 10.9. The molecule has 1 N–H and O–H groups in total. The van der Waals surface area contributed by atoms with Crippen LogP contribution in [0.25, 0.3) is 0 Å². The molecule has 1 fully saturated rings. The SMILES string of the molecule is CC(C)(O)CN1CCN(C(=O)C(C)(C)c2ccc(Cl)c(Cl)c2)CC1. The van der Waals surface area contributed by atoms with Crippen LogP contribution in [0.1, 0.15) is 33.3 Å². The molecule has 1 amide bonds. The Kier molecular flexibility index (Phi) is 5.86. The van der Waals surface area contributed by atoms with Crippen molar-refractivity contribution in [1.29, 1.82) is 0 Å². The molecule has 0 aromatic heterocycles. The first-order chi connectivity index (χ1) is 11.0. The van der Waals surface area contributed by atoms with E-state index in [1.807, 2.05) is 24.8 Å². The van der Waals surface area contributed by atoms with Crippen molar-refractivity contribution in [2.45, 2.75) is 38.7 Å². The highest BCUT2D eigenvalue weighted by atomic mass is 35.5. The Balaban J connectivity index is 2.04. The van der Waals surface area contributed by atoms with Crippen LogP contribution >= 0.6 is 23.2 Å². The zero-order valence-corrected chi connectivity index (χ0v) is 16.3. The van der Waals surface area contributed by atoms with Gasteiger partial charge in [0.05, 0.1) is 21.1 Å². The molecule has 0 radical (unpaired) electrons. The molecular weight excluding hydrogens is 347 g/mol. The van der Waals surface area contributed by atoms with Crippen molar-refractivity contribution >= 4 is 29.1 Å². The summed E-state index contributed by atoms with van der Waals surface area (Å²) in [6.07, 6.45) is 0. The number of rotatable bonds is 4. The number of β-amino-alcohol motifs (C(OH)–C–C–N with tert-alkyl or cyclic N) is 1. The second kappa shape index (κ2) is 7.20. The Labute approximate surface area is 154 Å². The van der Waals surface area contributed by atoms with Gasteiger partial charge in [0.15, 0.2) is 0 Å². The van der Waals surface area contributed by atoms with Gasteiger partial charge in [-0.25, -0.2) is 0 Å². The molecular formula is C18H26Cl2N2O2. The summed E-state index contributed by atoms with van der Waals surface area (Å²) in [5, 5.41) is 10.9. The van der Waals surface area contributed by atoms with E-state index in [0.29, 0.717) is 29.7 Å². The molecule has 134 valence electrons. The smallest absolute Gasteiger partial charge is 0.232 e. The maximum absolute atomic E-state index is 13.0. The fraction of sp³-hybridized carbons (Fsp3) is 0.611. The van der Waals surface area contributed by atoms with Gasteiger partial charge in [0.1, 0.15) is 0 Å². The fourth-order valence-electron chi connectivity index (χ4n) is 3.06. The van der Waals surface area contributed by atoms with Crippen LogP contribution in [-0.4, -0.2) is 59.1 Å². The lowest BCUT2D eigenvalue weighted by Crippen LogP contribution is -2.55. The van der Waals surface area contributed by atoms with Gasteiger partial charge in [-0.3, -0.25) is 9.69 Å². The highest BCUT2D eigenvalue weighted by Gasteiger charge is 2.35. The van der Waals surface area contributed by atoms with Crippen molar-refractivity contribution in [3.63, 3.8) is 0 Å². The monoisotopic (exact) mass is 372 g/mol. The van der Waals surface area contributed by atoms with Gasteiger partial charge < -0.3 is 10.0 Å². The van der Waals surface area contributed by atoms with Gasteiger partial charge in [-0.05, 0) is 45.4 Å². The van der Waals surface area contributed by atoms with E-state index < -0.39 is 11.0 Å². The lowest BCUT2D eigenvalue weighted by Gasteiger charge is -2.40. The number of aliphatic hydroxyl groups is 1. The third kappa shape index (κ3) is 4.63. The maximum Gasteiger partial charge on any atom is 0.232 e. The van der Waals surface area contributed by atoms with E-state index in [4.69, 9.17) is 23.2 Å². The van der Waals surface area contributed by atoms with Crippen LogP contribution in [0.5, 0.6) is 0 Å². The fourth-order valence-corrected chi connectivity index (χ4v) is 3.36. The summed E-state index contributed by atoms with van der Waals surface area (Å²) in [5.41, 5.74) is -0.515. The number of carbonyl (C=O) groups is 1. The van der Waals surface area contributed by atoms with Crippen LogP contribution < -0.4 is 0 Å². The van der Waals surface area contributed by atoms with Gasteiger partial charge in [-0.1, -0.05) is 29.3 Å². The molecule has 2 rings (SSSR count). The van der Waals surface area contributed by atoms with Gasteiger partial charge in [0.25, 0.3) is 0 Å². The molecule has 0 unspecified atom stereocenters. The summed E-state index contributed by atoms with van der Waals surface area (Å²) >= 11 is 12.1. The van der Waals surface area contributed by atoms with Gasteiger partial charge >= 0.3 is 0 Å². The molecule has 24 heavy (non-hydrogen) atoms. The number of nitrogens with zero attached hydrogens (tertiary/aromatic N) is 2. The van der Waals surface area contributed by atoms with Gasteiger partial charge in [0, 0.05) is 32.7 Å². The molecule has 0 bridgehead atoms. The number of benzene rings is 1. The van der Waals surface area contributed by atoms with E-state index in [9.17, 15) is 9.90 Å². The third-order valence-electron chi connectivity index (χ3n) is 4.45. The average molecular weight is 373 g/mol. The molecule has 1 heterocycles. The standard InChI is InChI=1S/C18H26Cl2N2O2/c1-17(2,24)12-21-7-9-22(10-8-21)16(23)18(3,4)13-5-6-14(19)15(20)11-13/h5-6,11,24H,7-10,12H2,1-4H3. The molecule has 0 saturated carbocycles. The summed E-state index contributed by atoms with van der Waals surface area (Å²) in [4.78, 5) is 17.1. The highest BCUT2D eigenvalue weighted by Crippen LogP contribution is 2.31. The Hall–Kier alpha value is -0.810. The minimum Gasteiger partial charge on any atom is -0.389 e. The molecule has 0 atom stereocenters. The van der Waals surface area contributed by atoms with Crippen LogP contribution in [0.15, 0.2) is 18.2 Å². The van der Waals surface area contributed by atoms with Crippen LogP contribution in [0.2, 0.25) is 10.0 Å². The minimum atomic E-state index is -0.717. The van der Waals surface area contributed by atoms with Crippen LogP contribution in [0.3, 0.4) is 0 Å². The average Bonchev–Trinajstić information content (AvgIpc) is 2.48. The largest absolute Gasteiger partial charge is 0.389 e. The van der Waals surface area contributed by atoms with E-state index in [2.05, 4.69) is 4.90 Å². The Morgan fingerprint density at radius 2 is 1.67 bits per heavy atom. The second-order valence-electron chi connectivity index (χ2n) is 7.63. The number of hydrogen-bond acceptors (Lipinski definition) is 3. The van der Waals surface area contributed by atoms with Crippen molar-refractivity contribution in [3.8, 4) is 0 Å². The Morgan fingerprint density at radius 1 is 1.08 bits per heavy atom. The molecule has 1 aromatic rings. The predicted octanol–water partition coefficient (Wildman–Crippen LogP) is 3.19. The Morgan fingerprint density at radius 3 is 2.17 bits per heavy atom. The first kappa shape index (κ1) is 19.5. The van der Waals surface area contributed by atoms with Gasteiger partial charge in [-0.15, -0.1) is 0 Å². The van der Waals surface area contributed by atoms with Crippen LogP contribution in [0.4, 0.5) is 0 Å². The lowest BCUT2D eigenvalue weighted by atomic mass is 9.83. The first-order valence-electron chi connectivity index (χ1n) is 8.20. The Bertz CT molecular complexity index is 604. The van der Waals surface area contributed by atoms with Crippen LogP contribution in [0, 0.1) is 0 Å². The van der Waals surface area contributed by atoms with Gasteiger partial charge in [0.2, 0.25) is 5.91 Å². The van der Waals surface area contributed by atoms with E-state index in [1.165, 1.54) is 0 Å². The number of hydrogen-bond donors (Lipinski definition) is 1.